The molecule has 0 aromatic carbocycles. The third-order valence-corrected chi connectivity index (χ3v) is 14.7. The summed E-state index contributed by atoms with van der Waals surface area (Å²) >= 11 is 3.66. The van der Waals surface area contributed by atoms with Crippen molar-refractivity contribution in [1.82, 2.24) is 0 Å². The first kappa shape index (κ1) is 27.3. The fourth-order valence-corrected chi connectivity index (χ4v) is 8.10. The van der Waals surface area contributed by atoms with Gasteiger partial charge >= 0.3 is 0 Å². The fraction of sp³-hybridized carbons (Fsp3) is 0.852. The molecule has 0 aromatic rings. The topological polar surface area (TPSA) is 29.5 Å². The van der Waals surface area contributed by atoms with Crippen molar-refractivity contribution in [3.63, 3.8) is 0 Å². The van der Waals surface area contributed by atoms with Crippen LogP contribution in [0.2, 0.25) is 18.1 Å². The van der Waals surface area contributed by atoms with Gasteiger partial charge in [0, 0.05) is 5.41 Å². The van der Waals surface area contributed by atoms with E-state index in [4.69, 9.17) is 4.43 Å². The summed E-state index contributed by atoms with van der Waals surface area (Å²) < 4.78 is 7.08. The Morgan fingerprint density at radius 3 is 2.42 bits per heavy atom. The lowest BCUT2D eigenvalue weighted by atomic mass is 9.60. The molecule has 2 aliphatic carbocycles. The van der Waals surface area contributed by atoms with Crippen molar-refractivity contribution in [1.29, 1.82) is 0 Å². The van der Waals surface area contributed by atoms with Gasteiger partial charge in [-0.15, -0.1) is 0 Å². The van der Waals surface area contributed by atoms with Gasteiger partial charge in [0.1, 0.15) is 0 Å². The molecule has 31 heavy (non-hydrogen) atoms. The molecular weight excluding hydrogens is 464 g/mol. The zero-order chi connectivity index (χ0) is 23.8. The minimum Gasteiger partial charge on any atom is -0.413 e. The highest BCUT2D eigenvalue weighted by Gasteiger charge is 2.52. The summed E-state index contributed by atoms with van der Waals surface area (Å²) in [6, 6.07) is 0. The average molecular weight is 514 g/mol. The Morgan fingerprint density at radius 2 is 1.90 bits per heavy atom. The van der Waals surface area contributed by atoms with Crippen molar-refractivity contribution in [3.8, 4) is 0 Å². The third-order valence-electron chi connectivity index (χ3n) is 9.60. The molecule has 2 fully saturated rings. The molecule has 2 saturated carbocycles. The first-order valence-electron chi connectivity index (χ1n) is 12.4. The van der Waals surface area contributed by atoms with Gasteiger partial charge in [0.15, 0.2) is 8.32 Å². The van der Waals surface area contributed by atoms with Crippen molar-refractivity contribution in [2.45, 2.75) is 111 Å². The predicted octanol–water partition coefficient (Wildman–Crippen LogP) is 8.47. The maximum absolute atomic E-state index is 9.92. The van der Waals surface area contributed by atoms with E-state index in [0.29, 0.717) is 11.3 Å². The van der Waals surface area contributed by atoms with E-state index < -0.39 is 8.32 Å². The SMILES string of the molecule is C=C(CO)C(C)(C)[C@H](C[C@@H](C)[C@H]1CC[C@H]2C(=CBr)CCC[C@]12C)O[Si](C)(C)C(C)(C)C. The molecular formula is C27H49BrO2Si. The smallest absolute Gasteiger partial charge is 0.192 e. The predicted molar refractivity (Wildman–Crippen MR) is 141 cm³/mol. The van der Waals surface area contributed by atoms with Gasteiger partial charge in [-0.2, -0.15) is 0 Å². The van der Waals surface area contributed by atoms with Crippen molar-refractivity contribution in [2.75, 3.05) is 6.61 Å². The quantitative estimate of drug-likeness (QED) is 0.261. The molecule has 0 spiro atoms. The summed E-state index contributed by atoms with van der Waals surface area (Å²) in [4.78, 5) is 2.22. The number of hydrogen-bond acceptors (Lipinski definition) is 2. The normalized spacial score (nSPS) is 30.9. The van der Waals surface area contributed by atoms with Crippen LogP contribution in [0.1, 0.15) is 87.0 Å². The first-order valence-corrected chi connectivity index (χ1v) is 16.2. The molecule has 0 saturated heterocycles. The van der Waals surface area contributed by atoms with Crippen molar-refractivity contribution >= 4 is 24.2 Å². The lowest BCUT2D eigenvalue weighted by Crippen LogP contribution is -2.49. The Hall–Kier alpha value is 0.0969. The van der Waals surface area contributed by atoms with Crippen LogP contribution in [0.3, 0.4) is 0 Å². The van der Waals surface area contributed by atoms with Crippen LogP contribution in [0.25, 0.3) is 0 Å². The molecule has 0 radical (unpaired) electrons. The average Bonchev–Trinajstić information content (AvgIpc) is 3.02. The van der Waals surface area contributed by atoms with E-state index in [-0.39, 0.29) is 23.2 Å². The second kappa shape index (κ2) is 9.76. The summed E-state index contributed by atoms with van der Waals surface area (Å²) in [7, 11) is -1.95. The van der Waals surface area contributed by atoms with E-state index in [9.17, 15) is 5.11 Å². The zero-order valence-corrected chi connectivity index (χ0v) is 24.4. The van der Waals surface area contributed by atoms with E-state index in [0.717, 1.165) is 23.8 Å². The molecule has 1 N–H and O–H groups in total. The summed E-state index contributed by atoms with van der Waals surface area (Å²) in [5.74, 6) is 2.04. The van der Waals surface area contributed by atoms with Gasteiger partial charge in [-0.05, 0) is 90.4 Å². The second-order valence-electron chi connectivity index (χ2n) is 12.8. The van der Waals surface area contributed by atoms with Crippen LogP contribution in [-0.4, -0.2) is 26.1 Å². The molecule has 5 atom stereocenters. The molecule has 2 aliphatic rings. The largest absolute Gasteiger partial charge is 0.413 e. The monoisotopic (exact) mass is 512 g/mol. The van der Waals surface area contributed by atoms with Gasteiger partial charge in [-0.1, -0.05) is 76.5 Å². The van der Waals surface area contributed by atoms with Crippen LogP contribution in [0, 0.1) is 28.6 Å². The fourth-order valence-electron chi connectivity index (χ4n) is 6.10. The molecule has 0 unspecified atom stereocenters. The highest BCUT2D eigenvalue weighted by molar-refractivity contribution is 9.11. The van der Waals surface area contributed by atoms with E-state index in [1.165, 1.54) is 32.1 Å². The molecule has 180 valence electrons. The second-order valence-corrected chi connectivity index (χ2v) is 18.1. The van der Waals surface area contributed by atoms with Gasteiger partial charge in [0.05, 0.1) is 12.7 Å². The van der Waals surface area contributed by atoms with Crippen LogP contribution in [-0.2, 0) is 4.43 Å². The highest BCUT2D eigenvalue weighted by atomic mass is 79.9. The molecule has 0 aliphatic heterocycles. The highest BCUT2D eigenvalue weighted by Crippen LogP contribution is 2.60. The number of aliphatic hydroxyl groups is 1. The number of fused-ring (bicyclic) bond motifs is 1. The summed E-state index contributed by atoms with van der Waals surface area (Å²) in [6.07, 6.45) is 7.68. The summed E-state index contributed by atoms with van der Waals surface area (Å²) in [6.45, 7) is 25.4. The van der Waals surface area contributed by atoms with Crippen LogP contribution in [0.5, 0.6) is 0 Å². The molecule has 2 rings (SSSR count). The number of halogens is 1. The third kappa shape index (κ3) is 5.44. The lowest BCUT2D eigenvalue weighted by Gasteiger charge is -2.48. The van der Waals surface area contributed by atoms with Crippen LogP contribution in [0.4, 0.5) is 0 Å². The minimum absolute atomic E-state index is 0.0291. The Morgan fingerprint density at radius 1 is 1.29 bits per heavy atom. The first-order chi connectivity index (χ1) is 14.1. The van der Waals surface area contributed by atoms with E-state index in [2.05, 4.69) is 89.1 Å². The van der Waals surface area contributed by atoms with Gasteiger partial charge in [-0.3, -0.25) is 0 Å². The summed E-state index contributed by atoms with van der Waals surface area (Å²) in [5.41, 5.74) is 2.68. The van der Waals surface area contributed by atoms with E-state index >= 15 is 0 Å². The maximum Gasteiger partial charge on any atom is 0.192 e. The Labute approximate surface area is 202 Å². The van der Waals surface area contributed by atoms with E-state index in [1.54, 1.807) is 5.57 Å². The molecule has 4 heteroatoms. The van der Waals surface area contributed by atoms with Crippen molar-refractivity contribution in [2.24, 2.45) is 28.6 Å². The Balaban J connectivity index is 2.31. The van der Waals surface area contributed by atoms with Crippen LogP contribution in [0.15, 0.2) is 22.7 Å². The lowest BCUT2D eigenvalue weighted by molar-refractivity contribution is 0.0254. The number of allylic oxidation sites excluding steroid dienone is 1. The van der Waals surface area contributed by atoms with Gasteiger partial charge in [0.25, 0.3) is 0 Å². The molecule has 0 bridgehead atoms. The van der Waals surface area contributed by atoms with E-state index in [1.807, 2.05) is 0 Å². The Kier molecular flexibility index (Phi) is 8.61. The number of aliphatic hydroxyl groups excluding tert-OH is 1. The molecule has 0 amide bonds. The van der Waals surface area contributed by atoms with Crippen molar-refractivity contribution in [3.05, 3.63) is 22.7 Å². The van der Waals surface area contributed by atoms with Gasteiger partial charge < -0.3 is 9.53 Å². The number of rotatable bonds is 8. The molecule has 0 aromatic heterocycles. The molecule has 2 nitrogen and oxygen atoms in total. The Bertz CT molecular complexity index is 675. The van der Waals surface area contributed by atoms with Crippen LogP contribution < -0.4 is 0 Å². The summed E-state index contributed by atoms with van der Waals surface area (Å²) in [5, 5.41) is 10.1. The van der Waals surface area contributed by atoms with Crippen molar-refractivity contribution < 1.29 is 9.53 Å². The molecule has 0 heterocycles. The standard InChI is InChI=1S/C27H49BrO2Si/c1-19(22-13-14-23-21(17-28)12-11-15-27(22,23)8)16-24(26(6,7)20(2)18-29)30-31(9,10)25(3,4)5/h17,19,22-24,29H,2,11-16,18H2,1,3-10H3/t19-,22-,23+,24+,27-/m1/s1. The maximum atomic E-state index is 9.92. The van der Waals surface area contributed by atoms with Crippen LogP contribution >= 0.6 is 15.9 Å². The zero-order valence-electron chi connectivity index (χ0n) is 21.8. The number of hydrogen-bond donors (Lipinski definition) is 1. The van der Waals surface area contributed by atoms with Gasteiger partial charge in [0.2, 0.25) is 0 Å². The minimum atomic E-state index is -1.95. The van der Waals surface area contributed by atoms with Gasteiger partial charge in [-0.25, -0.2) is 0 Å².